The van der Waals surface area contributed by atoms with Crippen LogP contribution in [0.15, 0.2) is 18.2 Å². The number of methoxy groups -OCH3 is 1. The molecule has 1 saturated heterocycles. The van der Waals surface area contributed by atoms with E-state index >= 15 is 0 Å². The molecule has 2 rings (SSSR count). The first-order valence-corrected chi connectivity index (χ1v) is 7.54. The van der Waals surface area contributed by atoms with Crippen molar-refractivity contribution in [2.45, 2.75) is 26.2 Å². The first-order valence-electron chi connectivity index (χ1n) is 7.54. The van der Waals surface area contributed by atoms with Gasteiger partial charge in [-0.15, -0.1) is 0 Å². The second kappa shape index (κ2) is 7.31. The van der Waals surface area contributed by atoms with E-state index in [9.17, 15) is 4.79 Å². The van der Waals surface area contributed by atoms with Crippen molar-refractivity contribution in [2.24, 2.45) is 5.92 Å². The molecule has 0 saturated carbocycles. The number of anilines is 2. The van der Waals surface area contributed by atoms with Crippen LogP contribution in [-0.2, 0) is 4.79 Å². The minimum absolute atomic E-state index is 0.0105. The molecule has 1 fully saturated rings. The molecule has 1 aliphatic rings. The monoisotopic (exact) mass is 291 g/mol. The summed E-state index contributed by atoms with van der Waals surface area (Å²) < 4.78 is 5.23. The number of nitrogens with one attached hydrogen (secondary N) is 1. The van der Waals surface area contributed by atoms with Gasteiger partial charge in [0.2, 0.25) is 5.91 Å². The van der Waals surface area contributed by atoms with E-state index in [4.69, 9.17) is 10.5 Å². The van der Waals surface area contributed by atoms with Crippen molar-refractivity contribution in [2.75, 3.05) is 37.8 Å². The molecule has 1 atom stereocenters. The molecule has 1 aliphatic heterocycles. The van der Waals surface area contributed by atoms with Gasteiger partial charge in [0.15, 0.2) is 0 Å². The largest absolute Gasteiger partial charge is 0.494 e. The molecule has 0 aliphatic carbocycles. The zero-order valence-electron chi connectivity index (χ0n) is 12.9. The number of carbonyl (C=O) groups excluding carboxylic acids is 1. The van der Waals surface area contributed by atoms with Gasteiger partial charge in [0.25, 0.3) is 0 Å². The number of piperidine rings is 1. The number of likely N-dealkylation sites (tertiary alicyclic amines) is 1. The number of ether oxygens (including phenoxy) is 1. The molecule has 1 heterocycles. The van der Waals surface area contributed by atoms with Gasteiger partial charge >= 0.3 is 0 Å². The minimum Gasteiger partial charge on any atom is -0.494 e. The van der Waals surface area contributed by atoms with E-state index in [0.29, 0.717) is 23.5 Å². The average Bonchev–Trinajstić information content (AvgIpc) is 2.47. The van der Waals surface area contributed by atoms with Crippen LogP contribution in [-0.4, -0.2) is 37.6 Å². The Morgan fingerprint density at radius 2 is 2.33 bits per heavy atom. The van der Waals surface area contributed by atoms with E-state index in [1.165, 1.54) is 12.8 Å². The van der Waals surface area contributed by atoms with Crippen LogP contribution in [0.4, 0.5) is 11.4 Å². The summed E-state index contributed by atoms with van der Waals surface area (Å²) in [6.07, 6.45) is 3.03. The summed E-state index contributed by atoms with van der Waals surface area (Å²) in [5.74, 6) is 1.34. The van der Waals surface area contributed by atoms with Crippen molar-refractivity contribution in [1.82, 2.24) is 4.90 Å². The highest BCUT2D eigenvalue weighted by molar-refractivity contribution is 5.92. The summed E-state index contributed by atoms with van der Waals surface area (Å²) in [6.45, 7) is 5.28. The van der Waals surface area contributed by atoms with Crippen molar-refractivity contribution < 1.29 is 9.53 Å². The van der Waals surface area contributed by atoms with Crippen molar-refractivity contribution >= 4 is 17.3 Å². The van der Waals surface area contributed by atoms with Gasteiger partial charge in [-0.2, -0.15) is 0 Å². The van der Waals surface area contributed by atoms with Gasteiger partial charge in [-0.3, -0.25) is 4.79 Å². The Bertz CT molecular complexity index is 490. The Morgan fingerprint density at radius 3 is 3.05 bits per heavy atom. The number of hydrogen-bond donors (Lipinski definition) is 2. The average molecular weight is 291 g/mol. The lowest BCUT2D eigenvalue weighted by atomic mass is 10.0. The molecule has 5 heteroatoms. The molecule has 5 nitrogen and oxygen atoms in total. The number of carbonyl (C=O) groups is 1. The summed E-state index contributed by atoms with van der Waals surface area (Å²) in [4.78, 5) is 14.4. The number of benzene rings is 1. The molecular weight excluding hydrogens is 266 g/mol. The molecule has 0 radical (unpaired) electrons. The molecule has 0 spiro atoms. The maximum atomic E-state index is 12.1. The lowest BCUT2D eigenvalue weighted by Gasteiger charge is -2.30. The van der Waals surface area contributed by atoms with Crippen LogP contribution in [0.5, 0.6) is 5.75 Å². The van der Waals surface area contributed by atoms with Gasteiger partial charge in [0.1, 0.15) is 5.75 Å². The van der Waals surface area contributed by atoms with Gasteiger partial charge in [0.05, 0.1) is 12.8 Å². The van der Waals surface area contributed by atoms with Crippen molar-refractivity contribution in [3.8, 4) is 5.75 Å². The van der Waals surface area contributed by atoms with Crippen molar-refractivity contribution in [3.63, 3.8) is 0 Å². The Balaban J connectivity index is 1.84. The third kappa shape index (κ3) is 4.63. The third-order valence-electron chi connectivity index (χ3n) is 3.90. The van der Waals surface area contributed by atoms with Crippen LogP contribution in [0.1, 0.15) is 26.2 Å². The van der Waals surface area contributed by atoms with E-state index < -0.39 is 0 Å². The summed E-state index contributed by atoms with van der Waals surface area (Å²) in [5.41, 5.74) is 6.99. The maximum absolute atomic E-state index is 12.1. The standard InChI is InChI=1S/C16H25N3O2/c1-12-4-3-8-19(11-12)9-7-16(20)18-14-6-5-13(17)10-15(14)21-2/h5-6,10,12H,3-4,7-9,11,17H2,1-2H3,(H,18,20). The first-order chi connectivity index (χ1) is 10.1. The summed E-state index contributed by atoms with van der Waals surface area (Å²) in [7, 11) is 1.57. The van der Waals surface area contributed by atoms with Crippen molar-refractivity contribution in [1.29, 1.82) is 0 Å². The van der Waals surface area contributed by atoms with Crippen LogP contribution < -0.4 is 15.8 Å². The topological polar surface area (TPSA) is 67.6 Å². The highest BCUT2D eigenvalue weighted by atomic mass is 16.5. The van der Waals surface area contributed by atoms with Gasteiger partial charge in [-0.25, -0.2) is 0 Å². The van der Waals surface area contributed by atoms with Crippen LogP contribution in [0.3, 0.4) is 0 Å². The van der Waals surface area contributed by atoms with Gasteiger partial charge in [-0.1, -0.05) is 6.92 Å². The van der Waals surface area contributed by atoms with E-state index in [1.54, 1.807) is 25.3 Å². The van der Waals surface area contributed by atoms with E-state index in [0.717, 1.165) is 25.6 Å². The fourth-order valence-electron chi connectivity index (χ4n) is 2.77. The summed E-state index contributed by atoms with van der Waals surface area (Å²) in [6, 6.07) is 5.24. The van der Waals surface area contributed by atoms with Crippen LogP contribution in [0.25, 0.3) is 0 Å². The Hall–Kier alpha value is -1.75. The summed E-state index contributed by atoms with van der Waals surface area (Å²) >= 11 is 0. The van der Waals surface area contributed by atoms with Gasteiger partial charge in [-0.05, 0) is 37.4 Å². The zero-order chi connectivity index (χ0) is 15.2. The lowest BCUT2D eigenvalue weighted by molar-refractivity contribution is -0.116. The molecule has 21 heavy (non-hydrogen) atoms. The number of nitrogens with two attached hydrogens (primary N) is 1. The molecule has 1 aromatic rings. The number of hydrogen-bond acceptors (Lipinski definition) is 4. The Labute approximate surface area is 126 Å². The smallest absolute Gasteiger partial charge is 0.225 e. The van der Waals surface area contributed by atoms with Crippen LogP contribution >= 0.6 is 0 Å². The minimum atomic E-state index is 0.0105. The predicted octanol–water partition coefficient (Wildman–Crippen LogP) is 2.34. The number of rotatable bonds is 5. The molecular formula is C16H25N3O2. The van der Waals surface area contributed by atoms with Crippen LogP contribution in [0, 0.1) is 5.92 Å². The normalized spacial score (nSPS) is 19.2. The molecule has 1 aromatic carbocycles. The third-order valence-corrected chi connectivity index (χ3v) is 3.90. The number of nitrogen functional groups attached to an aromatic ring is 1. The van der Waals surface area contributed by atoms with Crippen LogP contribution in [0.2, 0.25) is 0 Å². The van der Waals surface area contributed by atoms with E-state index in [1.807, 2.05) is 0 Å². The fraction of sp³-hybridized carbons (Fsp3) is 0.562. The Morgan fingerprint density at radius 1 is 1.52 bits per heavy atom. The zero-order valence-corrected chi connectivity index (χ0v) is 12.9. The second-order valence-corrected chi connectivity index (χ2v) is 5.81. The van der Waals surface area contributed by atoms with Gasteiger partial charge < -0.3 is 20.7 Å². The maximum Gasteiger partial charge on any atom is 0.225 e. The number of nitrogens with zero attached hydrogens (tertiary/aromatic N) is 1. The highest BCUT2D eigenvalue weighted by Crippen LogP contribution is 2.26. The highest BCUT2D eigenvalue weighted by Gasteiger charge is 2.17. The van der Waals surface area contributed by atoms with E-state index in [2.05, 4.69) is 17.1 Å². The van der Waals surface area contributed by atoms with Crippen molar-refractivity contribution in [3.05, 3.63) is 18.2 Å². The summed E-state index contributed by atoms with van der Waals surface area (Å²) in [5, 5.41) is 2.89. The van der Waals surface area contributed by atoms with E-state index in [-0.39, 0.29) is 5.91 Å². The Kier molecular flexibility index (Phi) is 5.44. The quantitative estimate of drug-likeness (QED) is 0.817. The fourth-order valence-corrected chi connectivity index (χ4v) is 2.77. The molecule has 0 bridgehead atoms. The molecule has 1 amide bonds. The SMILES string of the molecule is COc1cc(N)ccc1NC(=O)CCN1CCCC(C)C1. The van der Waals surface area contributed by atoms with Gasteiger partial charge in [0, 0.05) is 31.3 Å². The molecule has 1 unspecified atom stereocenters. The molecule has 116 valence electrons. The lowest BCUT2D eigenvalue weighted by Crippen LogP contribution is -2.36. The first kappa shape index (κ1) is 15.6. The molecule has 3 N–H and O–H groups in total. The predicted molar refractivity (Wildman–Crippen MR) is 85.5 cm³/mol. The number of amides is 1. The second-order valence-electron chi connectivity index (χ2n) is 5.81. The molecule has 0 aromatic heterocycles.